The second kappa shape index (κ2) is 7.46. The zero-order valence-electron chi connectivity index (χ0n) is 16.5. The Morgan fingerprint density at radius 1 is 1.03 bits per heavy atom. The van der Waals surface area contributed by atoms with Crippen LogP contribution in [0.1, 0.15) is 38.4 Å². The summed E-state index contributed by atoms with van der Waals surface area (Å²) in [5, 5.41) is 4.10. The van der Waals surface area contributed by atoms with E-state index in [9.17, 15) is 18.8 Å². The molecule has 0 unspecified atom stereocenters. The first kappa shape index (κ1) is 19.2. The maximum atomic E-state index is 13.2. The highest BCUT2D eigenvalue weighted by Gasteiger charge is 2.35. The topological polar surface area (TPSA) is 83.7 Å². The van der Waals surface area contributed by atoms with Gasteiger partial charge in [0.25, 0.3) is 11.8 Å². The van der Waals surface area contributed by atoms with E-state index in [1.807, 2.05) is 0 Å². The van der Waals surface area contributed by atoms with E-state index >= 15 is 0 Å². The van der Waals surface area contributed by atoms with Gasteiger partial charge in [-0.25, -0.2) is 4.39 Å². The van der Waals surface area contributed by atoms with Gasteiger partial charge in [-0.05, 0) is 36.4 Å². The van der Waals surface area contributed by atoms with Gasteiger partial charge in [-0.15, -0.1) is 0 Å². The standard InChI is InChI=1S/C23H18FN3O4/c24-15-7-5-14(6-8-15)21-18-13-26(11-9-19(18)25-31-21)20(28)10-12-27-22(29)16-3-1-2-4-17(16)23(27)30/h1-8H,9-13H2. The number of benzene rings is 2. The van der Waals surface area contributed by atoms with E-state index in [0.717, 1.165) is 16.2 Å². The van der Waals surface area contributed by atoms with Crippen molar-refractivity contribution >= 4 is 17.7 Å². The monoisotopic (exact) mass is 419 g/mol. The van der Waals surface area contributed by atoms with Crippen LogP contribution in [0, 0.1) is 5.82 Å². The number of nitrogens with zero attached hydrogens (tertiary/aromatic N) is 3. The number of carbonyl (C=O) groups excluding carboxylic acids is 3. The maximum Gasteiger partial charge on any atom is 0.261 e. The molecule has 3 aromatic rings. The molecular weight excluding hydrogens is 401 g/mol. The molecule has 31 heavy (non-hydrogen) atoms. The fraction of sp³-hybridized carbons (Fsp3) is 0.217. The van der Waals surface area contributed by atoms with Crippen LogP contribution in [0.25, 0.3) is 11.3 Å². The lowest BCUT2D eigenvalue weighted by Crippen LogP contribution is -2.39. The molecule has 0 spiro atoms. The Kier molecular flexibility index (Phi) is 4.62. The fourth-order valence-corrected chi connectivity index (χ4v) is 4.06. The van der Waals surface area contributed by atoms with Crippen molar-refractivity contribution in [3.05, 3.63) is 76.7 Å². The number of hydrogen-bond donors (Lipinski definition) is 0. The second-order valence-corrected chi connectivity index (χ2v) is 7.57. The van der Waals surface area contributed by atoms with Crippen molar-refractivity contribution in [3.8, 4) is 11.3 Å². The molecule has 0 bridgehead atoms. The lowest BCUT2D eigenvalue weighted by Gasteiger charge is -2.27. The Labute approximate surface area is 177 Å². The molecule has 2 aromatic carbocycles. The summed E-state index contributed by atoms with van der Waals surface area (Å²) >= 11 is 0. The summed E-state index contributed by atoms with van der Waals surface area (Å²) in [5.41, 5.74) is 3.01. The Morgan fingerprint density at radius 3 is 2.39 bits per heavy atom. The molecule has 1 aromatic heterocycles. The number of hydrogen-bond acceptors (Lipinski definition) is 5. The first-order valence-corrected chi connectivity index (χ1v) is 9.99. The third kappa shape index (κ3) is 3.30. The van der Waals surface area contributed by atoms with Gasteiger partial charge < -0.3 is 9.42 Å². The minimum absolute atomic E-state index is 0.0307. The van der Waals surface area contributed by atoms with E-state index in [0.29, 0.717) is 42.0 Å². The van der Waals surface area contributed by atoms with E-state index in [2.05, 4.69) is 5.16 Å². The molecule has 2 aliphatic rings. The van der Waals surface area contributed by atoms with Gasteiger partial charge in [0, 0.05) is 37.1 Å². The van der Waals surface area contributed by atoms with Gasteiger partial charge in [-0.1, -0.05) is 17.3 Å². The molecule has 0 saturated heterocycles. The van der Waals surface area contributed by atoms with E-state index in [1.165, 1.54) is 12.1 Å². The zero-order valence-corrected chi connectivity index (χ0v) is 16.5. The highest BCUT2D eigenvalue weighted by Crippen LogP contribution is 2.31. The summed E-state index contributed by atoms with van der Waals surface area (Å²) in [6.07, 6.45) is 0.580. The Hall–Kier alpha value is -3.81. The maximum absolute atomic E-state index is 13.2. The normalized spacial score (nSPS) is 15.3. The number of halogens is 1. The summed E-state index contributed by atoms with van der Waals surface area (Å²) in [7, 11) is 0. The third-order valence-electron chi connectivity index (χ3n) is 5.72. The van der Waals surface area contributed by atoms with Crippen LogP contribution in [0.15, 0.2) is 53.1 Å². The lowest BCUT2D eigenvalue weighted by atomic mass is 10.0. The number of amides is 3. The summed E-state index contributed by atoms with van der Waals surface area (Å²) in [6.45, 7) is 0.818. The number of aromatic nitrogens is 1. The van der Waals surface area contributed by atoms with Crippen LogP contribution in [0.2, 0.25) is 0 Å². The van der Waals surface area contributed by atoms with E-state index in [1.54, 1.807) is 41.3 Å². The lowest BCUT2D eigenvalue weighted by molar-refractivity contribution is -0.132. The second-order valence-electron chi connectivity index (χ2n) is 7.57. The smallest absolute Gasteiger partial charge is 0.261 e. The molecule has 5 rings (SSSR count). The Morgan fingerprint density at radius 2 is 1.71 bits per heavy atom. The van der Waals surface area contributed by atoms with Gasteiger partial charge in [0.05, 0.1) is 23.4 Å². The van der Waals surface area contributed by atoms with Gasteiger partial charge in [0.15, 0.2) is 5.76 Å². The van der Waals surface area contributed by atoms with Crippen LogP contribution in [0.5, 0.6) is 0 Å². The highest BCUT2D eigenvalue weighted by atomic mass is 19.1. The summed E-state index contributed by atoms with van der Waals surface area (Å²) in [6, 6.07) is 12.6. The summed E-state index contributed by atoms with van der Waals surface area (Å²) in [5.74, 6) is -0.720. The van der Waals surface area contributed by atoms with Crippen molar-refractivity contribution in [1.29, 1.82) is 0 Å². The van der Waals surface area contributed by atoms with Crippen molar-refractivity contribution in [1.82, 2.24) is 15.0 Å². The minimum atomic E-state index is -0.369. The number of fused-ring (bicyclic) bond motifs is 2. The molecule has 0 N–H and O–H groups in total. The van der Waals surface area contributed by atoms with Crippen LogP contribution < -0.4 is 0 Å². The van der Waals surface area contributed by atoms with Crippen molar-refractivity contribution in [2.24, 2.45) is 0 Å². The van der Waals surface area contributed by atoms with E-state index < -0.39 is 0 Å². The van der Waals surface area contributed by atoms with Crippen LogP contribution >= 0.6 is 0 Å². The summed E-state index contributed by atoms with van der Waals surface area (Å²) in [4.78, 5) is 40.6. The number of rotatable bonds is 4. The Balaban J connectivity index is 1.28. The minimum Gasteiger partial charge on any atom is -0.356 e. The van der Waals surface area contributed by atoms with Crippen LogP contribution in [0.3, 0.4) is 0 Å². The van der Waals surface area contributed by atoms with Crippen LogP contribution in [0.4, 0.5) is 4.39 Å². The van der Waals surface area contributed by atoms with Crippen molar-refractivity contribution < 1.29 is 23.3 Å². The molecule has 0 aliphatic carbocycles. The van der Waals surface area contributed by atoms with Gasteiger partial charge in [-0.3, -0.25) is 19.3 Å². The predicted molar refractivity (Wildman–Crippen MR) is 107 cm³/mol. The van der Waals surface area contributed by atoms with Crippen molar-refractivity contribution in [2.45, 2.75) is 19.4 Å². The first-order chi connectivity index (χ1) is 15.0. The van der Waals surface area contributed by atoms with Gasteiger partial charge in [0.2, 0.25) is 5.91 Å². The fourth-order valence-electron chi connectivity index (χ4n) is 4.06. The molecule has 2 aliphatic heterocycles. The van der Waals surface area contributed by atoms with Gasteiger partial charge in [0.1, 0.15) is 5.82 Å². The van der Waals surface area contributed by atoms with Gasteiger partial charge >= 0.3 is 0 Å². The molecule has 3 heterocycles. The number of carbonyl (C=O) groups is 3. The summed E-state index contributed by atoms with van der Waals surface area (Å²) < 4.78 is 18.7. The molecule has 156 valence electrons. The first-order valence-electron chi connectivity index (χ1n) is 9.99. The SMILES string of the molecule is O=C(CCN1C(=O)c2ccccc2C1=O)N1CCc2noc(-c3ccc(F)cc3)c2C1. The largest absolute Gasteiger partial charge is 0.356 e. The molecule has 3 amide bonds. The third-order valence-corrected chi connectivity index (χ3v) is 5.72. The van der Waals surface area contributed by atoms with Crippen molar-refractivity contribution in [2.75, 3.05) is 13.1 Å². The van der Waals surface area contributed by atoms with E-state index in [-0.39, 0.29) is 36.5 Å². The molecule has 0 atom stereocenters. The molecule has 0 fully saturated rings. The van der Waals surface area contributed by atoms with Crippen molar-refractivity contribution in [3.63, 3.8) is 0 Å². The van der Waals surface area contributed by atoms with E-state index in [4.69, 9.17) is 4.52 Å². The predicted octanol–water partition coefficient (Wildman–Crippen LogP) is 3.05. The molecule has 0 radical (unpaired) electrons. The average molecular weight is 419 g/mol. The molecule has 8 heteroatoms. The average Bonchev–Trinajstić information content (AvgIpc) is 3.32. The highest BCUT2D eigenvalue weighted by molar-refractivity contribution is 6.21. The van der Waals surface area contributed by atoms with Crippen LogP contribution in [-0.2, 0) is 17.8 Å². The zero-order chi connectivity index (χ0) is 21.5. The molecule has 0 saturated carbocycles. The number of imide groups is 1. The van der Waals surface area contributed by atoms with Gasteiger partial charge in [-0.2, -0.15) is 0 Å². The molecule has 7 nitrogen and oxygen atoms in total. The van der Waals surface area contributed by atoms with Crippen LogP contribution in [-0.4, -0.2) is 45.8 Å². The molecular formula is C23H18FN3O4. The Bertz CT molecular complexity index is 1170. The quantitative estimate of drug-likeness (QED) is 0.607.